The fourth-order valence-corrected chi connectivity index (χ4v) is 2.57. The van der Waals surface area contributed by atoms with Gasteiger partial charge in [0.2, 0.25) is 5.95 Å². The summed E-state index contributed by atoms with van der Waals surface area (Å²) in [5.74, 6) is 1.31. The molecule has 0 aliphatic rings. The molecule has 0 spiro atoms. The molecule has 0 saturated carbocycles. The van der Waals surface area contributed by atoms with Gasteiger partial charge in [-0.05, 0) is 31.8 Å². The second-order valence-electron chi connectivity index (χ2n) is 6.28. The van der Waals surface area contributed by atoms with E-state index in [9.17, 15) is 0 Å². The first kappa shape index (κ1) is 17.8. The standard InChI is InChI=1S/C20H24N6/c1-25(2)14-13-21-20-23-19(15-22-24-20)26(18-11-7-4-8-12-18)16-17-9-5-3-6-10-17/h3-12,15H,13-14,16H2,1-2H3,(H,21,23,24). The Labute approximate surface area is 154 Å². The third-order valence-corrected chi connectivity index (χ3v) is 3.92. The quantitative estimate of drug-likeness (QED) is 0.675. The topological polar surface area (TPSA) is 57.2 Å². The maximum absolute atomic E-state index is 4.67. The van der Waals surface area contributed by atoms with Crippen LogP contribution in [0.3, 0.4) is 0 Å². The van der Waals surface area contributed by atoms with E-state index in [1.54, 1.807) is 6.20 Å². The van der Waals surface area contributed by atoms with Gasteiger partial charge >= 0.3 is 0 Å². The molecule has 0 aliphatic carbocycles. The van der Waals surface area contributed by atoms with Gasteiger partial charge in [-0.15, -0.1) is 5.10 Å². The van der Waals surface area contributed by atoms with Crippen molar-refractivity contribution in [1.29, 1.82) is 0 Å². The number of hydrogen-bond acceptors (Lipinski definition) is 6. The van der Waals surface area contributed by atoms with Crippen molar-refractivity contribution in [3.63, 3.8) is 0 Å². The zero-order chi connectivity index (χ0) is 18.2. The van der Waals surface area contributed by atoms with Crippen LogP contribution in [-0.2, 0) is 6.54 Å². The third-order valence-electron chi connectivity index (χ3n) is 3.92. The lowest BCUT2D eigenvalue weighted by atomic mass is 10.2. The van der Waals surface area contributed by atoms with Gasteiger partial charge in [-0.2, -0.15) is 10.1 Å². The highest BCUT2D eigenvalue weighted by atomic mass is 15.3. The van der Waals surface area contributed by atoms with Crippen LogP contribution in [0.2, 0.25) is 0 Å². The Kier molecular flexibility index (Phi) is 6.11. The normalized spacial score (nSPS) is 10.7. The molecular formula is C20H24N6. The molecule has 1 N–H and O–H groups in total. The Morgan fingerprint density at radius 1 is 0.923 bits per heavy atom. The van der Waals surface area contributed by atoms with Crippen LogP contribution in [0.25, 0.3) is 0 Å². The lowest BCUT2D eigenvalue weighted by molar-refractivity contribution is 0.425. The highest BCUT2D eigenvalue weighted by Crippen LogP contribution is 2.25. The summed E-state index contributed by atoms with van der Waals surface area (Å²) in [4.78, 5) is 8.91. The van der Waals surface area contributed by atoms with E-state index in [4.69, 9.17) is 0 Å². The Bertz CT molecular complexity index is 792. The van der Waals surface area contributed by atoms with Crippen LogP contribution in [-0.4, -0.2) is 47.3 Å². The molecule has 0 fully saturated rings. The van der Waals surface area contributed by atoms with Gasteiger partial charge in [0.15, 0.2) is 5.82 Å². The molecule has 0 aliphatic heterocycles. The molecule has 2 aromatic carbocycles. The fourth-order valence-electron chi connectivity index (χ4n) is 2.57. The van der Waals surface area contributed by atoms with E-state index in [2.05, 4.69) is 54.6 Å². The lowest BCUT2D eigenvalue weighted by Gasteiger charge is -2.24. The van der Waals surface area contributed by atoms with Crippen LogP contribution < -0.4 is 10.2 Å². The molecule has 26 heavy (non-hydrogen) atoms. The van der Waals surface area contributed by atoms with E-state index in [0.29, 0.717) is 12.5 Å². The van der Waals surface area contributed by atoms with Crippen molar-refractivity contribution in [2.24, 2.45) is 0 Å². The van der Waals surface area contributed by atoms with Gasteiger partial charge in [0.05, 0.1) is 6.20 Å². The number of anilines is 3. The van der Waals surface area contributed by atoms with Gasteiger partial charge in [-0.3, -0.25) is 0 Å². The van der Waals surface area contributed by atoms with Crippen LogP contribution in [0, 0.1) is 0 Å². The molecule has 3 rings (SSSR count). The molecular weight excluding hydrogens is 324 g/mol. The lowest BCUT2D eigenvalue weighted by Crippen LogP contribution is -2.23. The zero-order valence-corrected chi connectivity index (χ0v) is 15.2. The summed E-state index contributed by atoms with van der Waals surface area (Å²) in [5, 5.41) is 11.5. The summed E-state index contributed by atoms with van der Waals surface area (Å²) in [6.07, 6.45) is 1.70. The van der Waals surface area contributed by atoms with Crippen molar-refractivity contribution in [3.8, 4) is 0 Å². The average Bonchev–Trinajstić information content (AvgIpc) is 2.67. The first-order valence-electron chi connectivity index (χ1n) is 8.67. The number of hydrogen-bond donors (Lipinski definition) is 1. The van der Waals surface area contributed by atoms with Crippen molar-refractivity contribution in [2.45, 2.75) is 6.54 Å². The fraction of sp³-hybridized carbons (Fsp3) is 0.250. The first-order chi connectivity index (χ1) is 12.7. The second-order valence-corrected chi connectivity index (χ2v) is 6.28. The van der Waals surface area contributed by atoms with Crippen molar-refractivity contribution >= 4 is 17.5 Å². The van der Waals surface area contributed by atoms with Crippen LogP contribution in [0.5, 0.6) is 0 Å². The Balaban J connectivity index is 1.84. The molecule has 0 atom stereocenters. The Morgan fingerprint density at radius 2 is 1.62 bits per heavy atom. The molecule has 1 aromatic heterocycles. The minimum atomic E-state index is 0.540. The van der Waals surface area contributed by atoms with Gasteiger partial charge in [0.25, 0.3) is 0 Å². The number of nitrogens with one attached hydrogen (secondary N) is 1. The molecule has 6 heteroatoms. The van der Waals surface area contributed by atoms with Crippen molar-refractivity contribution in [3.05, 3.63) is 72.4 Å². The largest absolute Gasteiger partial charge is 0.352 e. The van der Waals surface area contributed by atoms with Gasteiger partial charge in [-0.1, -0.05) is 48.5 Å². The van der Waals surface area contributed by atoms with Crippen molar-refractivity contribution in [1.82, 2.24) is 20.1 Å². The molecule has 0 amide bonds. The SMILES string of the molecule is CN(C)CCNc1nncc(N(Cc2ccccc2)c2ccccc2)n1. The van der Waals surface area contributed by atoms with Gasteiger partial charge in [-0.25, -0.2) is 0 Å². The second kappa shape index (κ2) is 8.92. The zero-order valence-electron chi connectivity index (χ0n) is 15.2. The number of nitrogens with zero attached hydrogens (tertiary/aromatic N) is 5. The monoisotopic (exact) mass is 348 g/mol. The van der Waals surface area contributed by atoms with E-state index in [1.807, 2.05) is 50.5 Å². The maximum atomic E-state index is 4.67. The van der Waals surface area contributed by atoms with E-state index < -0.39 is 0 Å². The minimum Gasteiger partial charge on any atom is -0.352 e. The third kappa shape index (κ3) is 5.00. The first-order valence-corrected chi connectivity index (χ1v) is 8.67. The van der Waals surface area contributed by atoms with E-state index in [1.165, 1.54) is 5.56 Å². The van der Waals surface area contributed by atoms with Gasteiger partial charge in [0, 0.05) is 25.3 Å². The van der Waals surface area contributed by atoms with Crippen LogP contribution in [0.15, 0.2) is 66.9 Å². The summed E-state index contributed by atoms with van der Waals surface area (Å²) >= 11 is 0. The summed E-state index contributed by atoms with van der Waals surface area (Å²) < 4.78 is 0. The highest BCUT2D eigenvalue weighted by Gasteiger charge is 2.13. The van der Waals surface area contributed by atoms with E-state index in [0.717, 1.165) is 24.6 Å². The molecule has 6 nitrogen and oxygen atoms in total. The van der Waals surface area contributed by atoms with Crippen LogP contribution >= 0.6 is 0 Å². The van der Waals surface area contributed by atoms with Crippen LogP contribution in [0.4, 0.5) is 17.5 Å². The Hall–Kier alpha value is -2.99. The number of likely N-dealkylation sites (N-methyl/N-ethyl adjacent to an activating group) is 1. The molecule has 0 bridgehead atoms. The summed E-state index contributed by atoms with van der Waals surface area (Å²) in [6, 6.07) is 20.5. The number of para-hydroxylation sites is 1. The number of rotatable bonds is 8. The van der Waals surface area contributed by atoms with Gasteiger partial charge in [0.1, 0.15) is 0 Å². The predicted molar refractivity (Wildman–Crippen MR) is 106 cm³/mol. The number of aromatic nitrogens is 3. The molecule has 0 unspecified atom stereocenters. The molecule has 3 aromatic rings. The summed E-state index contributed by atoms with van der Waals surface area (Å²) in [7, 11) is 4.07. The maximum Gasteiger partial charge on any atom is 0.244 e. The summed E-state index contributed by atoms with van der Waals surface area (Å²) in [6.45, 7) is 2.38. The molecule has 0 radical (unpaired) electrons. The van der Waals surface area contributed by atoms with E-state index >= 15 is 0 Å². The van der Waals surface area contributed by atoms with Crippen molar-refractivity contribution in [2.75, 3.05) is 37.4 Å². The van der Waals surface area contributed by atoms with Gasteiger partial charge < -0.3 is 15.1 Å². The predicted octanol–water partition coefficient (Wildman–Crippen LogP) is 3.18. The molecule has 0 saturated heterocycles. The minimum absolute atomic E-state index is 0.540. The molecule has 1 heterocycles. The van der Waals surface area contributed by atoms with Crippen LogP contribution in [0.1, 0.15) is 5.56 Å². The average molecular weight is 348 g/mol. The Morgan fingerprint density at radius 3 is 2.31 bits per heavy atom. The summed E-state index contributed by atoms with van der Waals surface area (Å²) in [5.41, 5.74) is 2.27. The van der Waals surface area contributed by atoms with E-state index in [-0.39, 0.29) is 0 Å². The molecule has 134 valence electrons. The van der Waals surface area contributed by atoms with Crippen molar-refractivity contribution < 1.29 is 0 Å². The highest BCUT2D eigenvalue weighted by molar-refractivity contribution is 5.60. The smallest absolute Gasteiger partial charge is 0.244 e. The number of benzene rings is 2.